The number of hydrogen-bond acceptors (Lipinski definition) is 7. The van der Waals surface area contributed by atoms with Gasteiger partial charge in [-0.3, -0.25) is 9.69 Å². The van der Waals surface area contributed by atoms with Gasteiger partial charge in [0.15, 0.2) is 0 Å². The van der Waals surface area contributed by atoms with Gasteiger partial charge in [0.25, 0.3) is 5.91 Å². The fraction of sp³-hybridized carbons (Fsp3) is 0.310. The van der Waals surface area contributed by atoms with Gasteiger partial charge in [0.05, 0.1) is 42.0 Å². The molecule has 10 nitrogen and oxygen atoms in total. The summed E-state index contributed by atoms with van der Waals surface area (Å²) in [5, 5.41) is 0. The zero-order chi connectivity index (χ0) is 27.5. The van der Waals surface area contributed by atoms with E-state index in [4.69, 9.17) is 9.47 Å². The highest BCUT2D eigenvalue weighted by Crippen LogP contribution is 2.31. The van der Waals surface area contributed by atoms with Crippen LogP contribution in [0.15, 0.2) is 71.9 Å². The summed E-state index contributed by atoms with van der Waals surface area (Å²) in [6, 6.07) is 18.2. The molecule has 11 heteroatoms. The van der Waals surface area contributed by atoms with Crippen LogP contribution in [-0.4, -0.2) is 86.6 Å². The van der Waals surface area contributed by atoms with Gasteiger partial charge in [0, 0.05) is 43.9 Å². The molecule has 40 heavy (non-hydrogen) atoms. The third-order valence-electron chi connectivity index (χ3n) is 7.32. The van der Waals surface area contributed by atoms with E-state index in [0.29, 0.717) is 51.6 Å². The molecule has 1 saturated heterocycles. The van der Waals surface area contributed by atoms with Crippen LogP contribution in [0.1, 0.15) is 15.9 Å². The summed E-state index contributed by atoms with van der Waals surface area (Å²) < 4.78 is 39.5. The Balaban J connectivity index is 1.13. The van der Waals surface area contributed by atoms with Crippen molar-refractivity contribution in [2.45, 2.75) is 11.4 Å². The van der Waals surface area contributed by atoms with E-state index in [9.17, 15) is 13.2 Å². The highest BCUT2D eigenvalue weighted by Gasteiger charge is 2.23. The number of sulfonamides is 1. The Kier molecular flexibility index (Phi) is 7.53. The molecule has 3 heterocycles. The Bertz CT molecular complexity index is 1610. The van der Waals surface area contributed by atoms with Crippen LogP contribution < -0.4 is 9.46 Å². The molecule has 4 aromatic rings. The quantitative estimate of drug-likeness (QED) is 0.356. The summed E-state index contributed by atoms with van der Waals surface area (Å²) in [7, 11) is -3.67. The van der Waals surface area contributed by atoms with E-state index < -0.39 is 10.0 Å². The Hall–Kier alpha value is -3.77. The third-order valence-corrected chi connectivity index (χ3v) is 8.79. The highest BCUT2D eigenvalue weighted by molar-refractivity contribution is 7.89. The number of morpholine rings is 1. The molecule has 0 spiro atoms. The maximum Gasteiger partial charge on any atom is 0.254 e. The molecule has 0 unspecified atom stereocenters. The molecule has 6 rings (SSSR count). The highest BCUT2D eigenvalue weighted by atomic mass is 32.2. The molecule has 2 aliphatic heterocycles. The van der Waals surface area contributed by atoms with Gasteiger partial charge in [0.1, 0.15) is 12.4 Å². The molecule has 1 amide bonds. The van der Waals surface area contributed by atoms with E-state index >= 15 is 0 Å². The number of aromatic amines is 1. The lowest BCUT2D eigenvalue weighted by Gasteiger charge is -2.26. The maximum atomic E-state index is 13.4. The average molecular weight is 562 g/mol. The first-order valence-electron chi connectivity index (χ1n) is 13.3. The predicted molar refractivity (Wildman–Crippen MR) is 151 cm³/mol. The van der Waals surface area contributed by atoms with Gasteiger partial charge in [-0.15, -0.1) is 0 Å². The lowest BCUT2D eigenvalue weighted by atomic mass is 10.0. The number of rotatable bonds is 7. The molecule has 0 aliphatic carbocycles. The van der Waals surface area contributed by atoms with E-state index in [-0.39, 0.29) is 10.8 Å². The largest absolute Gasteiger partial charge is 0.491 e. The minimum absolute atomic E-state index is 0.134. The van der Waals surface area contributed by atoms with Crippen LogP contribution in [0.2, 0.25) is 0 Å². The number of benzene rings is 3. The van der Waals surface area contributed by atoms with Crippen LogP contribution in [0.4, 0.5) is 0 Å². The molecule has 0 radical (unpaired) electrons. The standard InChI is InChI=1S/C29H31N5O5S/c35-29(21-1-5-25(6-2-21)40(36,37)32-9-10-33-11-14-38-15-12-33)34-13-16-39-28-8-4-22(17-24(28)19-34)23-3-7-26-27(18-23)31-20-30-26/h1-8,17-18,20,32H,9-16,19H2,(H,30,31). The third kappa shape index (κ3) is 5.73. The molecular weight excluding hydrogens is 530 g/mol. The SMILES string of the molecule is O=C(c1ccc(S(=O)(=O)NCCN2CCOCC2)cc1)N1CCOc2ccc(-c3ccc4nc[nH]c4c3)cc2C1. The number of amides is 1. The van der Waals surface area contributed by atoms with Crippen LogP contribution in [0.5, 0.6) is 5.75 Å². The fourth-order valence-electron chi connectivity index (χ4n) is 5.07. The van der Waals surface area contributed by atoms with Crippen molar-refractivity contribution in [2.75, 3.05) is 52.5 Å². The van der Waals surface area contributed by atoms with Crippen molar-refractivity contribution in [3.8, 4) is 16.9 Å². The summed E-state index contributed by atoms with van der Waals surface area (Å²) in [5.74, 6) is 0.580. The van der Waals surface area contributed by atoms with Crippen molar-refractivity contribution in [1.29, 1.82) is 0 Å². The summed E-state index contributed by atoms with van der Waals surface area (Å²) in [5.41, 5.74) is 5.26. The molecule has 1 aromatic heterocycles. The first kappa shape index (κ1) is 26.5. The Labute approximate surface area is 233 Å². The molecule has 2 aliphatic rings. The molecular formula is C29H31N5O5S. The van der Waals surface area contributed by atoms with Gasteiger partial charge >= 0.3 is 0 Å². The number of ether oxygens (including phenoxy) is 2. The second-order valence-electron chi connectivity index (χ2n) is 9.91. The first-order chi connectivity index (χ1) is 19.5. The number of hydrogen-bond donors (Lipinski definition) is 2. The van der Waals surface area contributed by atoms with Gasteiger partial charge in [-0.05, 0) is 59.7 Å². The fourth-order valence-corrected chi connectivity index (χ4v) is 6.09. The van der Waals surface area contributed by atoms with E-state index in [2.05, 4.69) is 31.7 Å². The van der Waals surface area contributed by atoms with Crippen molar-refractivity contribution >= 4 is 27.0 Å². The van der Waals surface area contributed by atoms with Crippen LogP contribution in [0.25, 0.3) is 22.2 Å². The number of aromatic nitrogens is 2. The van der Waals surface area contributed by atoms with E-state index in [1.54, 1.807) is 23.4 Å². The van der Waals surface area contributed by atoms with Crippen molar-refractivity contribution < 1.29 is 22.7 Å². The van der Waals surface area contributed by atoms with Gasteiger partial charge in [-0.1, -0.05) is 12.1 Å². The number of carbonyl (C=O) groups is 1. The molecule has 208 valence electrons. The summed E-state index contributed by atoms with van der Waals surface area (Å²) in [6.07, 6.45) is 1.67. The van der Waals surface area contributed by atoms with Crippen LogP contribution >= 0.6 is 0 Å². The maximum absolute atomic E-state index is 13.4. The summed E-state index contributed by atoms with van der Waals surface area (Å²) in [4.78, 5) is 24.9. The smallest absolute Gasteiger partial charge is 0.254 e. The number of H-pyrrole nitrogens is 1. The first-order valence-corrected chi connectivity index (χ1v) is 14.8. The minimum Gasteiger partial charge on any atom is -0.491 e. The summed E-state index contributed by atoms with van der Waals surface area (Å²) in [6.45, 7) is 5.05. The number of nitrogens with zero attached hydrogens (tertiary/aromatic N) is 3. The predicted octanol–water partition coefficient (Wildman–Crippen LogP) is 2.88. The number of nitrogens with one attached hydrogen (secondary N) is 2. The van der Waals surface area contributed by atoms with E-state index in [1.165, 1.54) is 12.1 Å². The Morgan fingerprint density at radius 3 is 2.55 bits per heavy atom. The molecule has 3 aromatic carbocycles. The molecule has 0 saturated carbocycles. The van der Waals surface area contributed by atoms with Crippen LogP contribution in [0.3, 0.4) is 0 Å². The van der Waals surface area contributed by atoms with Gasteiger partial charge < -0.3 is 19.4 Å². The zero-order valence-corrected chi connectivity index (χ0v) is 22.8. The second-order valence-corrected chi connectivity index (χ2v) is 11.7. The van der Waals surface area contributed by atoms with Gasteiger partial charge in [0.2, 0.25) is 10.0 Å². The van der Waals surface area contributed by atoms with Crippen molar-refractivity contribution in [1.82, 2.24) is 24.5 Å². The van der Waals surface area contributed by atoms with Gasteiger partial charge in [-0.2, -0.15) is 0 Å². The number of carbonyl (C=O) groups excluding carboxylic acids is 1. The topological polar surface area (TPSA) is 117 Å². The van der Waals surface area contributed by atoms with Crippen LogP contribution in [0, 0.1) is 0 Å². The monoisotopic (exact) mass is 561 g/mol. The van der Waals surface area contributed by atoms with Crippen molar-refractivity contribution in [3.63, 3.8) is 0 Å². The van der Waals surface area contributed by atoms with E-state index in [0.717, 1.165) is 46.6 Å². The average Bonchev–Trinajstić information content (AvgIpc) is 3.35. The molecule has 0 atom stereocenters. The number of fused-ring (bicyclic) bond motifs is 2. The summed E-state index contributed by atoms with van der Waals surface area (Å²) >= 11 is 0. The normalized spacial score (nSPS) is 16.4. The second kappa shape index (κ2) is 11.4. The Morgan fingerprint density at radius 2 is 1.73 bits per heavy atom. The van der Waals surface area contributed by atoms with Crippen molar-refractivity contribution in [2.24, 2.45) is 0 Å². The molecule has 2 N–H and O–H groups in total. The lowest BCUT2D eigenvalue weighted by molar-refractivity contribution is 0.0390. The molecule has 0 bridgehead atoms. The van der Waals surface area contributed by atoms with E-state index in [1.807, 2.05) is 24.3 Å². The molecule has 1 fully saturated rings. The van der Waals surface area contributed by atoms with Crippen LogP contribution in [-0.2, 0) is 21.3 Å². The minimum atomic E-state index is -3.67. The Morgan fingerprint density at radius 1 is 0.950 bits per heavy atom. The lowest BCUT2D eigenvalue weighted by Crippen LogP contribution is -2.41. The van der Waals surface area contributed by atoms with Crippen molar-refractivity contribution in [3.05, 3.63) is 78.1 Å². The van der Waals surface area contributed by atoms with Gasteiger partial charge in [-0.25, -0.2) is 18.1 Å². The number of imidazole rings is 1. The zero-order valence-electron chi connectivity index (χ0n) is 22.0.